The third-order valence-electron chi connectivity index (χ3n) is 9.88. The van der Waals surface area contributed by atoms with Crippen LogP contribution in [0, 0.1) is 24.6 Å². The molecule has 7 rings (SSSR count). The van der Waals surface area contributed by atoms with Gasteiger partial charge < -0.3 is 24.8 Å². The maximum atomic E-state index is 15.1. The number of cyclic esters (lactones) is 1. The smallest absolute Gasteiger partial charge is 0.343 e. The minimum atomic E-state index is -1.93. The number of aliphatic hydroxyl groups excluding tert-OH is 1. The molecule has 4 aliphatic rings. The molecule has 2 aliphatic carbocycles. The van der Waals surface area contributed by atoms with E-state index in [1.165, 1.54) is 6.07 Å². The summed E-state index contributed by atoms with van der Waals surface area (Å²) in [6.07, 6.45) is 2.76. The monoisotopic (exact) mass is 561 g/mol. The Balaban J connectivity index is 1.36. The molecule has 0 radical (unpaired) electrons. The molecule has 4 heterocycles. The van der Waals surface area contributed by atoms with Crippen molar-refractivity contribution in [3.63, 3.8) is 0 Å². The van der Waals surface area contributed by atoms with Crippen LogP contribution >= 0.6 is 0 Å². The number of rotatable bonds is 5. The molecule has 2 aliphatic heterocycles. The number of ether oxygens (including phenoxy) is 1. The highest BCUT2D eigenvalue weighted by Gasteiger charge is 2.46. The number of aryl methyl sites for hydroxylation is 1. The molecule has 0 saturated heterocycles. The molecule has 1 amide bonds. The highest BCUT2D eigenvalue weighted by molar-refractivity contribution is 5.93. The summed E-state index contributed by atoms with van der Waals surface area (Å²) < 4.78 is 21.9. The summed E-state index contributed by atoms with van der Waals surface area (Å²) in [5, 5.41) is 24.5. The van der Waals surface area contributed by atoms with Gasteiger partial charge in [-0.05, 0) is 67.7 Å². The zero-order valence-electron chi connectivity index (χ0n) is 23.1. The van der Waals surface area contributed by atoms with Crippen molar-refractivity contribution < 1.29 is 28.9 Å². The van der Waals surface area contributed by atoms with Crippen molar-refractivity contribution in [1.29, 1.82) is 0 Å². The molecule has 1 aromatic carbocycles. The Kier molecular flexibility index (Phi) is 5.89. The molecule has 1 saturated carbocycles. The quantitative estimate of drug-likeness (QED) is 0.320. The maximum Gasteiger partial charge on any atom is 0.343 e. The second-order valence-corrected chi connectivity index (χ2v) is 12.0. The molecule has 2 aromatic heterocycles. The van der Waals surface area contributed by atoms with Gasteiger partial charge >= 0.3 is 5.97 Å². The van der Waals surface area contributed by atoms with E-state index in [0.717, 1.165) is 22.1 Å². The lowest BCUT2D eigenvalue weighted by Crippen LogP contribution is -2.44. The van der Waals surface area contributed by atoms with Crippen LogP contribution in [-0.4, -0.2) is 44.8 Å². The van der Waals surface area contributed by atoms with Crippen molar-refractivity contribution in [2.24, 2.45) is 11.8 Å². The molecule has 0 spiro atoms. The fraction of sp³-hybridized carbons (Fsp3) is 0.484. The van der Waals surface area contributed by atoms with Crippen LogP contribution in [0.2, 0.25) is 0 Å². The molecule has 214 valence electrons. The zero-order chi connectivity index (χ0) is 28.8. The highest BCUT2D eigenvalue weighted by atomic mass is 19.1. The Morgan fingerprint density at radius 1 is 1.24 bits per heavy atom. The first-order chi connectivity index (χ1) is 19.7. The number of aromatic nitrogens is 2. The summed E-state index contributed by atoms with van der Waals surface area (Å²) in [6.45, 7) is 3.96. The molecule has 41 heavy (non-hydrogen) atoms. The molecule has 9 nitrogen and oxygen atoms in total. The van der Waals surface area contributed by atoms with Crippen LogP contribution < -0.4 is 10.9 Å². The Bertz CT molecular complexity index is 1730. The normalized spacial score (nSPS) is 25.7. The van der Waals surface area contributed by atoms with E-state index in [9.17, 15) is 24.6 Å². The van der Waals surface area contributed by atoms with Crippen LogP contribution in [0.5, 0.6) is 0 Å². The SMILES string of the molecule is CC[C@@]1(O)C(=O)OCc2c1cc1n(c2=O)Cc2c-1nc1cc(F)c(C)c3c1c2[C@@H](CNC(=O)C1CC(CO)C1)CC3. The summed E-state index contributed by atoms with van der Waals surface area (Å²) in [4.78, 5) is 44.0. The number of benzene rings is 1. The molecule has 0 unspecified atom stereocenters. The molecule has 2 atom stereocenters. The predicted octanol–water partition coefficient (Wildman–Crippen LogP) is 2.69. The number of fused-ring (bicyclic) bond motifs is 5. The van der Waals surface area contributed by atoms with Gasteiger partial charge in [0.05, 0.1) is 29.0 Å². The van der Waals surface area contributed by atoms with Crippen molar-refractivity contribution in [1.82, 2.24) is 14.9 Å². The topological polar surface area (TPSA) is 131 Å². The average molecular weight is 562 g/mol. The van der Waals surface area contributed by atoms with Crippen LogP contribution in [0.3, 0.4) is 0 Å². The number of amides is 1. The lowest BCUT2D eigenvalue weighted by atomic mass is 9.74. The molecule has 0 bridgehead atoms. The van der Waals surface area contributed by atoms with Gasteiger partial charge in [0.15, 0.2) is 5.60 Å². The second kappa shape index (κ2) is 9.19. The fourth-order valence-electron chi connectivity index (χ4n) is 7.32. The number of nitrogens with one attached hydrogen (secondary N) is 1. The summed E-state index contributed by atoms with van der Waals surface area (Å²) in [7, 11) is 0. The van der Waals surface area contributed by atoms with Gasteiger partial charge in [-0.2, -0.15) is 0 Å². The zero-order valence-corrected chi connectivity index (χ0v) is 23.1. The largest absolute Gasteiger partial charge is 0.458 e. The van der Waals surface area contributed by atoms with Crippen molar-refractivity contribution in [2.45, 2.75) is 70.6 Å². The van der Waals surface area contributed by atoms with Crippen LogP contribution in [0.25, 0.3) is 22.3 Å². The van der Waals surface area contributed by atoms with Gasteiger partial charge in [-0.3, -0.25) is 9.59 Å². The van der Waals surface area contributed by atoms with E-state index >= 15 is 4.39 Å². The second-order valence-electron chi connectivity index (χ2n) is 12.0. The number of carbonyl (C=O) groups is 2. The predicted molar refractivity (Wildman–Crippen MR) is 147 cm³/mol. The van der Waals surface area contributed by atoms with Crippen LogP contribution in [0.4, 0.5) is 4.39 Å². The number of pyridine rings is 2. The summed E-state index contributed by atoms with van der Waals surface area (Å²) >= 11 is 0. The van der Waals surface area contributed by atoms with Gasteiger partial charge in [-0.1, -0.05) is 6.92 Å². The summed E-state index contributed by atoms with van der Waals surface area (Å²) in [5.41, 5.74) is 2.99. The third-order valence-corrected chi connectivity index (χ3v) is 9.88. The van der Waals surface area contributed by atoms with E-state index in [1.807, 2.05) is 0 Å². The van der Waals surface area contributed by atoms with Gasteiger partial charge in [0.25, 0.3) is 5.56 Å². The van der Waals surface area contributed by atoms with Gasteiger partial charge in [0.1, 0.15) is 12.4 Å². The van der Waals surface area contributed by atoms with Crippen molar-refractivity contribution in [3.05, 3.63) is 61.7 Å². The fourth-order valence-corrected chi connectivity index (χ4v) is 7.32. The van der Waals surface area contributed by atoms with Crippen LogP contribution in [0.1, 0.15) is 71.9 Å². The van der Waals surface area contributed by atoms with E-state index in [-0.39, 0.29) is 72.3 Å². The van der Waals surface area contributed by atoms with E-state index < -0.39 is 11.6 Å². The van der Waals surface area contributed by atoms with E-state index in [1.54, 1.807) is 24.5 Å². The van der Waals surface area contributed by atoms with Gasteiger partial charge in [0, 0.05) is 47.6 Å². The van der Waals surface area contributed by atoms with Crippen molar-refractivity contribution >= 4 is 22.8 Å². The Morgan fingerprint density at radius 3 is 2.76 bits per heavy atom. The minimum absolute atomic E-state index is 0.0200. The minimum Gasteiger partial charge on any atom is -0.458 e. The number of hydrogen-bond donors (Lipinski definition) is 3. The highest BCUT2D eigenvalue weighted by Crippen LogP contribution is 2.46. The van der Waals surface area contributed by atoms with Gasteiger partial charge in [-0.25, -0.2) is 14.2 Å². The third kappa shape index (κ3) is 3.66. The van der Waals surface area contributed by atoms with Gasteiger partial charge in [0.2, 0.25) is 5.91 Å². The molecule has 3 N–H and O–H groups in total. The average Bonchev–Trinajstić information content (AvgIpc) is 3.31. The number of nitrogens with zero attached hydrogens (tertiary/aromatic N) is 2. The first-order valence-corrected chi connectivity index (χ1v) is 14.4. The van der Waals surface area contributed by atoms with Crippen LogP contribution in [-0.2, 0) is 39.5 Å². The number of aliphatic hydroxyl groups is 2. The maximum absolute atomic E-state index is 15.1. The number of carbonyl (C=O) groups excluding carboxylic acids is 2. The van der Waals surface area contributed by atoms with Gasteiger partial charge in [-0.15, -0.1) is 0 Å². The van der Waals surface area contributed by atoms with E-state index in [0.29, 0.717) is 54.7 Å². The first kappa shape index (κ1) is 26.3. The number of halogens is 1. The molecular formula is C31H32FN3O6. The lowest BCUT2D eigenvalue weighted by Gasteiger charge is -2.34. The van der Waals surface area contributed by atoms with E-state index in [2.05, 4.69) is 5.32 Å². The molecule has 1 fully saturated rings. The Labute approximate surface area is 235 Å². The molecular weight excluding hydrogens is 529 g/mol. The Hall–Kier alpha value is -3.63. The number of hydrogen-bond acceptors (Lipinski definition) is 7. The van der Waals surface area contributed by atoms with Crippen LogP contribution in [0.15, 0.2) is 16.9 Å². The molecule has 3 aromatic rings. The van der Waals surface area contributed by atoms with E-state index in [4.69, 9.17) is 9.72 Å². The van der Waals surface area contributed by atoms with Crippen molar-refractivity contribution in [2.75, 3.05) is 13.2 Å². The lowest BCUT2D eigenvalue weighted by molar-refractivity contribution is -0.172. The molecule has 10 heteroatoms. The Morgan fingerprint density at radius 2 is 2.02 bits per heavy atom. The number of esters is 1. The standard InChI is InChI=1S/C31H32FN3O6/c1-3-31(40)21-8-24-27-19(11-35(24)29(38)20(21)13-41-30(31)39)25-16(10-33-28(37)17-6-15(7-17)12-36)4-5-18-14(2)22(32)9-23(34-27)26(18)25/h8-9,15-17,36,40H,3-7,10-13H2,1-2H3,(H,33,37)/t15?,16-,17?,31+/m1/s1. The summed E-state index contributed by atoms with van der Waals surface area (Å²) in [6, 6.07) is 3.10. The van der Waals surface area contributed by atoms with Crippen molar-refractivity contribution in [3.8, 4) is 11.4 Å². The first-order valence-electron chi connectivity index (χ1n) is 14.4. The summed E-state index contributed by atoms with van der Waals surface area (Å²) in [5.74, 6) is -1.13.